The largest absolute Gasteiger partial charge is 0.416 e. The smallest absolute Gasteiger partial charge is 0.346 e. The zero-order valence-corrected chi connectivity index (χ0v) is 14.7. The van der Waals surface area contributed by atoms with Gasteiger partial charge in [0.1, 0.15) is 5.78 Å². The number of carbonyl (C=O) groups is 2. The molecule has 1 N–H and O–H groups in total. The highest BCUT2D eigenvalue weighted by molar-refractivity contribution is 5.94. The van der Waals surface area contributed by atoms with Crippen molar-refractivity contribution in [3.05, 3.63) is 65.0 Å². The van der Waals surface area contributed by atoms with E-state index in [1.807, 2.05) is 0 Å². The van der Waals surface area contributed by atoms with Gasteiger partial charge >= 0.3 is 6.18 Å². The van der Waals surface area contributed by atoms with Crippen LogP contribution in [0.4, 0.5) is 13.2 Å². The summed E-state index contributed by atoms with van der Waals surface area (Å²) in [5.74, 6) is -0.190. The second kappa shape index (κ2) is 7.50. The van der Waals surface area contributed by atoms with Crippen molar-refractivity contribution < 1.29 is 22.8 Å². The van der Waals surface area contributed by atoms with Gasteiger partial charge in [0.05, 0.1) is 11.6 Å². The van der Waals surface area contributed by atoms with Gasteiger partial charge in [0, 0.05) is 29.8 Å². The number of carbonyl (C=O) groups excluding carboxylic acids is 2. The Kier molecular flexibility index (Phi) is 5.30. The Hall–Kier alpha value is -2.70. The minimum atomic E-state index is -4.44. The van der Waals surface area contributed by atoms with Gasteiger partial charge < -0.3 is 5.32 Å². The maximum Gasteiger partial charge on any atom is 0.416 e. The molecule has 7 heteroatoms. The number of amides is 1. The van der Waals surface area contributed by atoms with Crippen molar-refractivity contribution in [2.45, 2.75) is 38.4 Å². The first-order valence-corrected chi connectivity index (χ1v) is 8.69. The number of alkyl halides is 3. The zero-order chi connectivity index (χ0) is 19.6. The molecule has 2 aromatic rings. The average molecular weight is 376 g/mol. The molecule has 0 radical (unpaired) electrons. The van der Waals surface area contributed by atoms with Crippen molar-refractivity contribution in [2.75, 3.05) is 0 Å². The monoisotopic (exact) mass is 376 g/mol. The number of nitrogens with zero attached hydrogens (tertiary/aromatic N) is 1. The number of aromatic nitrogens is 1. The first-order valence-electron chi connectivity index (χ1n) is 8.69. The summed E-state index contributed by atoms with van der Waals surface area (Å²) >= 11 is 0. The van der Waals surface area contributed by atoms with E-state index in [2.05, 4.69) is 10.3 Å². The highest BCUT2D eigenvalue weighted by Gasteiger charge is 2.31. The molecule has 0 bridgehead atoms. The first-order chi connectivity index (χ1) is 12.7. The Bertz CT molecular complexity index is 860. The highest BCUT2D eigenvalue weighted by atomic mass is 19.4. The summed E-state index contributed by atoms with van der Waals surface area (Å²) in [5.41, 5.74) is 0.441. The number of Topliss-reactive ketones (excluding diaryl/α,β-unsaturated/α-hetero) is 1. The van der Waals surface area contributed by atoms with Crippen molar-refractivity contribution >= 4 is 11.7 Å². The normalized spacial score (nSPS) is 15.3. The molecular formula is C20H19F3N2O2. The van der Waals surface area contributed by atoms with E-state index in [4.69, 9.17) is 0 Å². The Morgan fingerprint density at radius 3 is 2.63 bits per heavy atom. The van der Waals surface area contributed by atoms with Gasteiger partial charge in [0.15, 0.2) is 0 Å². The van der Waals surface area contributed by atoms with Crippen LogP contribution in [0.1, 0.15) is 53.0 Å². The van der Waals surface area contributed by atoms with E-state index in [1.54, 1.807) is 13.0 Å². The number of hydrogen-bond donors (Lipinski definition) is 1. The van der Waals surface area contributed by atoms with Crippen molar-refractivity contribution in [3.8, 4) is 0 Å². The van der Waals surface area contributed by atoms with Crippen LogP contribution in [0, 0.1) is 5.92 Å². The number of benzene rings is 1. The van der Waals surface area contributed by atoms with Crippen LogP contribution in [-0.2, 0) is 17.4 Å². The minimum Gasteiger partial charge on any atom is -0.346 e. The summed E-state index contributed by atoms with van der Waals surface area (Å²) in [7, 11) is 0. The molecule has 0 saturated heterocycles. The topological polar surface area (TPSA) is 59.1 Å². The molecule has 1 aliphatic carbocycles. The van der Waals surface area contributed by atoms with E-state index >= 15 is 0 Å². The third-order valence-corrected chi connectivity index (χ3v) is 4.53. The number of ketones is 1. The summed E-state index contributed by atoms with van der Waals surface area (Å²) in [6.45, 7) is 1.62. The summed E-state index contributed by atoms with van der Waals surface area (Å²) in [6, 6.07) is 7.32. The summed E-state index contributed by atoms with van der Waals surface area (Å²) < 4.78 is 38.5. The molecule has 1 amide bonds. The van der Waals surface area contributed by atoms with Crippen LogP contribution in [0.5, 0.6) is 0 Å². The van der Waals surface area contributed by atoms with Gasteiger partial charge in [0.25, 0.3) is 5.91 Å². The molecule has 1 aromatic heterocycles. The number of halogens is 3. The third-order valence-electron chi connectivity index (χ3n) is 4.53. The van der Waals surface area contributed by atoms with E-state index < -0.39 is 23.7 Å². The lowest BCUT2D eigenvalue weighted by Gasteiger charge is -2.16. The van der Waals surface area contributed by atoms with Gasteiger partial charge in [-0.05, 0) is 49.6 Å². The predicted molar refractivity (Wildman–Crippen MR) is 93.0 cm³/mol. The Morgan fingerprint density at radius 1 is 1.22 bits per heavy atom. The van der Waals surface area contributed by atoms with Crippen LogP contribution in [0.3, 0.4) is 0 Å². The van der Waals surface area contributed by atoms with Gasteiger partial charge in [-0.2, -0.15) is 13.2 Å². The molecule has 0 unspecified atom stereocenters. The molecule has 3 rings (SSSR count). The maximum absolute atomic E-state index is 12.8. The first kappa shape index (κ1) is 19.1. The third kappa shape index (κ3) is 4.93. The van der Waals surface area contributed by atoms with E-state index in [0.29, 0.717) is 16.8 Å². The lowest BCUT2D eigenvalue weighted by Crippen LogP contribution is -2.27. The molecule has 1 aromatic carbocycles. The average Bonchev–Trinajstić information content (AvgIpc) is 3.46. The van der Waals surface area contributed by atoms with Gasteiger partial charge in [0.2, 0.25) is 0 Å². The SMILES string of the molecule is C[C@@H](NC(=O)c1ccnc(CC(=O)C2CC2)c1)c1cccc(C(F)(F)F)c1. The van der Waals surface area contributed by atoms with E-state index in [1.165, 1.54) is 24.4 Å². The van der Waals surface area contributed by atoms with Gasteiger partial charge in [-0.3, -0.25) is 14.6 Å². The van der Waals surface area contributed by atoms with Crippen LogP contribution in [-0.4, -0.2) is 16.7 Å². The molecule has 1 fully saturated rings. The maximum atomic E-state index is 12.8. The van der Waals surface area contributed by atoms with Crippen LogP contribution >= 0.6 is 0 Å². The molecular weight excluding hydrogens is 357 g/mol. The predicted octanol–water partition coefficient (Wildman–Crippen LogP) is 4.11. The standard InChI is InChI=1S/C20H19F3N2O2/c1-12(14-3-2-4-16(9-14)20(21,22)23)25-19(27)15-7-8-24-17(10-15)11-18(26)13-5-6-13/h2-4,7-10,12-13H,5-6,11H2,1H3,(H,25,27)/t12-/m1/s1. The van der Waals surface area contributed by atoms with Gasteiger partial charge in [-0.25, -0.2) is 0 Å². The molecule has 1 atom stereocenters. The zero-order valence-electron chi connectivity index (χ0n) is 14.7. The highest BCUT2D eigenvalue weighted by Crippen LogP contribution is 2.31. The van der Waals surface area contributed by atoms with Crippen LogP contribution in [0.15, 0.2) is 42.6 Å². The second-order valence-electron chi connectivity index (χ2n) is 6.77. The molecule has 142 valence electrons. The van der Waals surface area contributed by atoms with Gasteiger partial charge in [-0.1, -0.05) is 12.1 Å². The minimum absolute atomic E-state index is 0.116. The number of nitrogens with one attached hydrogen (secondary N) is 1. The second-order valence-corrected chi connectivity index (χ2v) is 6.77. The van der Waals surface area contributed by atoms with Crippen LogP contribution in [0.25, 0.3) is 0 Å². The Balaban J connectivity index is 1.68. The molecule has 0 aliphatic heterocycles. The summed E-state index contributed by atoms with van der Waals surface area (Å²) in [6.07, 6.45) is -0.969. The summed E-state index contributed by atoms with van der Waals surface area (Å²) in [4.78, 5) is 28.5. The van der Waals surface area contributed by atoms with Gasteiger partial charge in [-0.15, -0.1) is 0 Å². The van der Waals surface area contributed by atoms with E-state index in [9.17, 15) is 22.8 Å². The fourth-order valence-electron chi connectivity index (χ4n) is 2.79. The molecule has 1 heterocycles. The molecule has 1 saturated carbocycles. The lowest BCUT2D eigenvalue weighted by atomic mass is 10.0. The van der Waals surface area contributed by atoms with Crippen molar-refractivity contribution in [2.24, 2.45) is 5.92 Å². The lowest BCUT2D eigenvalue weighted by molar-refractivity contribution is -0.137. The summed E-state index contributed by atoms with van der Waals surface area (Å²) in [5, 5.41) is 2.69. The van der Waals surface area contributed by atoms with Crippen molar-refractivity contribution in [3.63, 3.8) is 0 Å². The number of rotatable bonds is 6. The van der Waals surface area contributed by atoms with Crippen LogP contribution < -0.4 is 5.32 Å². The van der Waals surface area contributed by atoms with Crippen molar-refractivity contribution in [1.29, 1.82) is 0 Å². The Morgan fingerprint density at radius 2 is 1.96 bits per heavy atom. The van der Waals surface area contributed by atoms with E-state index in [0.717, 1.165) is 25.0 Å². The number of hydrogen-bond acceptors (Lipinski definition) is 3. The fraction of sp³-hybridized carbons (Fsp3) is 0.350. The molecule has 4 nitrogen and oxygen atoms in total. The fourth-order valence-corrected chi connectivity index (χ4v) is 2.79. The molecule has 27 heavy (non-hydrogen) atoms. The van der Waals surface area contributed by atoms with Crippen LogP contribution in [0.2, 0.25) is 0 Å². The number of pyridine rings is 1. The van der Waals surface area contributed by atoms with E-state index in [-0.39, 0.29) is 18.1 Å². The quantitative estimate of drug-likeness (QED) is 0.825. The molecule has 1 aliphatic rings. The molecule has 0 spiro atoms. The van der Waals surface area contributed by atoms with Crippen molar-refractivity contribution in [1.82, 2.24) is 10.3 Å². The Labute approximate surface area is 154 Å².